The van der Waals surface area contributed by atoms with Crippen LogP contribution in [0.3, 0.4) is 0 Å². The van der Waals surface area contributed by atoms with Gasteiger partial charge in [-0.1, -0.05) is 26.0 Å². The molecule has 0 saturated heterocycles. The Hall–Kier alpha value is -1.35. The van der Waals surface area contributed by atoms with Gasteiger partial charge in [-0.05, 0) is 23.6 Å². The maximum absolute atomic E-state index is 11.3. The highest BCUT2D eigenvalue weighted by atomic mass is 16.3. The molecule has 0 amide bonds. The number of aliphatic hydroxyl groups is 2. The molecule has 0 aromatic rings. The van der Waals surface area contributed by atoms with Gasteiger partial charge in [0.2, 0.25) is 5.78 Å². The summed E-state index contributed by atoms with van der Waals surface area (Å²) in [6.07, 6.45) is 5.88. The quantitative estimate of drug-likeness (QED) is 0.631. The van der Waals surface area contributed by atoms with Crippen LogP contribution in [0.15, 0.2) is 35.6 Å². The van der Waals surface area contributed by atoms with E-state index < -0.39 is 11.5 Å². The molecule has 0 saturated carbocycles. The first kappa shape index (κ1) is 10.2. The number of aliphatic hydroxyl groups excluding tert-OH is 2. The first-order chi connectivity index (χ1) is 6.95. The molecule has 80 valence electrons. The van der Waals surface area contributed by atoms with Crippen molar-refractivity contribution in [3.05, 3.63) is 35.6 Å². The number of fused-ring (bicyclic) bond motifs is 1. The number of hydrogen-bond donors (Lipinski definition) is 2. The second-order valence-corrected chi connectivity index (χ2v) is 4.41. The summed E-state index contributed by atoms with van der Waals surface area (Å²) in [6, 6.07) is 0. The number of rotatable bonds is 0. The Kier molecular flexibility index (Phi) is 2.08. The Labute approximate surface area is 88.4 Å². The zero-order chi connectivity index (χ0) is 11.2. The van der Waals surface area contributed by atoms with Crippen molar-refractivity contribution in [2.45, 2.75) is 20.0 Å². The minimum atomic E-state index is -0.538. The molecule has 0 spiro atoms. The highest BCUT2D eigenvalue weighted by Gasteiger charge is 2.41. The van der Waals surface area contributed by atoms with E-state index in [1.807, 2.05) is 13.8 Å². The lowest BCUT2D eigenvalue weighted by molar-refractivity contribution is -0.114. The third kappa shape index (κ3) is 1.35. The second-order valence-electron chi connectivity index (χ2n) is 4.41. The fourth-order valence-electron chi connectivity index (χ4n) is 2.15. The summed E-state index contributed by atoms with van der Waals surface area (Å²) in [4.78, 5) is 11.3. The molecule has 3 nitrogen and oxygen atoms in total. The molecule has 0 heterocycles. The standard InChI is InChI=1S/C12H14O3/c1-7-9(13)4-3-8-5-10(14)11(15)6-12(7,8)2/h3-7,9,13,15H,1-2H3/t7-,9+,12+/m0/s1. The van der Waals surface area contributed by atoms with Gasteiger partial charge in [-0.2, -0.15) is 0 Å². The van der Waals surface area contributed by atoms with Crippen molar-refractivity contribution in [3.63, 3.8) is 0 Å². The molecule has 3 heteroatoms. The molecule has 0 aliphatic heterocycles. The van der Waals surface area contributed by atoms with Crippen molar-refractivity contribution in [1.29, 1.82) is 0 Å². The van der Waals surface area contributed by atoms with Crippen LogP contribution in [0.1, 0.15) is 13.8 Å². The van der Waals surface area contributed by atoms with Gasteiger partial charge in [-0.3, -0.25) is 4.79 Å². The molecule has 2 aliphatic rings. The van der Waals surface area contributed by atoms with E-state index in [1.54, 1.807) is 18.2 Å². The van der Waals surface area contributed by atoms with Crippen molar-refractivity contribution in [3.8, 4) is 0 Å². The molecular weight excluding hydrogens is 192 g/mol. The monoisotopic (exact) mass is 206 g/mol. The van der Waals surface area contributed by atoms with E-state index in [0.29, 0.717) is 0 Å². The minimum absolute atomic E-state index is 0.0519. The summed E-state index contributed by atoms with van der Waals surface area (Å²) >= 11 is 0. The lowest BCUT2D eigenvalue weighted by Gasteiger charge is -2.40. The van der Waals surface area contributed by atoms with Crippen LogP contribution in [0.5, 0.6) is 0 Å². The van der Waals surface area contributed by atoms with Gasteiger partial charge in [0.15, 0.2) is 5.76 Å². The molecule has 15 heavy (non-hydrogen) atoms. The average Bonchev–Trinajstić information content (AvgIpc) is 2.18. The van der Waals surface area contributed by atoms with E-state index in [4.69, 9.17) is 0 Å². The van der Waals surface area contributed by atoms with Gasteiger partial charge in [-0.25, -0.2) is 0 Å². The SMILES string of the molecule is C[C@H]1[C@H](O)C=CC2=CC(=O)C(O)=C[C@@]21C. The fraction of sp³-hybridized carbons (Fsp3) is 0.417. The molecule has 0 radical (unpaired) electrons. The predicted molar refractivity (Wildman–Crippen MR) is 56.2 cm³/mol. The maximum atomic E-state index is 11.3. The molecule has 3 atom stereocenters. The molecule has 0 bridgehead atoms. The van der Waals surface area contributed by atoms with E-state index in [1.165, 1.54) is 6.08 Å². The number of ketones is 1. The van der Waals surface area contributed by atoms with E-state index >= 15 is 0 Å². The van der Waals surface area contributed by atoms with Crippen LogP contribution in [-0.2, 0) is 4.79 Å². The zero-order valence-electron chi connectivity index (χ0n) is 8.77. The fourth-order valence-corrected chi connectivity index (χ4v) is 2.15. The van der Waals surface area contributed by atoms with Gasteiger partial charge in [0.05, 0.1) is 6.10 Å². The summed E-state index contributed by atoms with van der Waals surface area (Å²) in [7, 11) is 0. The Morgan fingerprint density at radius 2 is 2.13 bits per heavy atom. The highest BCUT2D eigenvalue weighted by molar-refractivity contribution is 6.04. The summed E-state index contributed by atoms with van der Waals surface area (Å²) in [5, 5.41) is 19.2. The topological polar surface area (TPSA) is 57.5 Å². The number of carbonyl (C=O) groups is 1. The minimum Gasteiger partial charge on any atom is -0.504 e. The van der Waals surface area contributed by atoms with Crippen LogP contribution >= 0.6 is 0 Å². The Bertz CT molecular complexity index is 403. The Morgan fingerprint density at radius 1 is 1.47 bits per heavy atom. The third-order valence-corrected chi connectivity index (χ3v) is 3.53. The number of hydrogen-bond acceptors (Lipinski definition) is 3. The van der Waals surface area contributed by atoms with Gasteiger partial charge in [0, 0.05) is 5.41 Å². The summed E-state index contributed by atoms with van der Waals surface area (Å²) in [5.74, 6) is -0.643. The van der Waals surface area contributed by atoms with E-state index in [9.17, 15) is 15.0 Å². The summed E-state index contributed by atoms with van der Waals surface area (Å²) < 4.78 is 0. The number of allylic oxidation sites excluding steroid dienone is 4. The van der Waals surface area contributed by atoms with Crippen molar-refractivity contribution in [2.75, 3.05) is 0 Å². The predicted octanol–water partition coefficient (Wildman–Crippen LogP) is 1.51. The van der Waals surface area contributed by atoms with Gasteiger partial charge in [0.25, 0.3) is 0 Å². The van der Waals surface area contributed by atoms with Crippen molar-refractivity contribution in [1.82, 2.24) is 0 Å². The Morgan fingerprint density at radius 3 is 2.80 bits per heavy atom. The number of carbonyl (C=O) groups excluding carboxylic acids is 1. The van der Waals surface area contributed by atoms with E-state index in [-0.39, 0.29) is 17.5 Å². The normalized spacial score (nSPS) is 39.5. The molecule has 2 rings (SSSR count). The Balaban J connectivity index is 2.54. The van der Waals surface area contributed by atoms with Crippen LogP contribution in [0.4, 0.5) is 0 Å². The molecule has 0 aromatic carbocycles. The first-order valence-corrected chi connectivity index (χ1v) is 5.00. The largest absolute Gasteiger partial charge is 0.504 e. The van der Waals surface area contributed by atoms with Crippen LogP contribution < -0.4 is 0 Å². The van der Waals surface area contributed by atoms with E-state index in [0.717, 1.165) is 5.57 Å². The van der Waals surface area contributed by atoms with E-state index in [2.05, 4.69) is 0 Å². The highest BCUT2D eigenvalue weighted by Crippen LogP contribution is 2.45. The second kappa shape index (κ2) is 3.07. The van der Waals surface area contributed by atoms with Crippen LogP contribution in [-0.4, -0.2) is 22.1 Å². The first-order valence-electron chi connectivity index (χ1n) is 5.00. The lowest BCUT2D eigenvalue weighted by atomic mass is 9.64. The molecule has 2 aliphatic carbocycles. The lowest BCUT2D eigenvalue weighted by Crippen LogP contribution is -2.38. The smallest absolute Gasteiger partial charge is 0.220 e. The zero-order valence-corrected chi connectivity index (χ0v) is 8.77. The third-order valence-electron chi connectivity index (χ3n) is 3.53. The summed E-state index contributed by atoms with van der Waals surface area (Å²) in [5.41, 5.74) is 0.398. The van der Waals surface area contributed by atoms with Crippen LogP contribution in [0, 0.1) is 11.3 Å². The molecule has 0 aromatic heterocycles. The van der Waals surface area contributed by atoms with Gasteiger partial charge >= 0.3 is 0 Å². The van der Waals surface area contributed by atoms with Crippen LogP contribution in [0.25, 0.3) is 0 Å². The maximum Gasteiger partial charge on any atom is 0.220 e. The van der Waals surface area contributed by atoms with Crippen molar-refractivity contribution < 1.29 is 15.0 Å². The molecule has 2 N–H and O–H groups in total. The summed E-state index contributed by atoms with van der Waals surface area (Å²) in [6.45, 7) is 3.82. The van der Waals surface area contributed by atoms with Crippen molar-refractivity contribution >= 4 is 5.78 Å². The van der Waals surface area contributed by atoms with Crippen LogP contribution in [0.2, 0.25) is 0 Å². The molecular formula is C12H14O3. The molecule has 0 fully saturated rings. The van der Waals surface area contributed by atoms with Gasteiger partial charge < -0.3 is 10.2 Å². The molecule has 0 unspecified atom stereocenters. The average molecular weight is 206 g/mol. The van der Waals surface area contributed by atoms with Crippen molar-refractivity contribution in [2.24, 2.45) is 11.3 Å². The van der Waals surface area contributed by atoms with Gasteiger partial charge in [0.1, 0.15) is 0 Å². The van der Waals surface area contributed by atoms with Gasteiger partial charge in [-0.15, -0.1) is 0 Å².